The Morgan fingerprint density at radius 2 is 1.80 bits per heavy atom. The number of hydrogen-bond donors (Lipinski definition) is 1. The second-order valence-corrected chi connectivity index (χ2v) is 5.72. The van der Waals surface area contributed by atoms with Gasteiger partial charge in [0, 0.05) is 19.6 Å². The Morgan fingerprint density at radius 1 is 1.10 bits per heavy atom. The van der Waals surface area contributed by atoms with Crippen LogP contribution in [0.5, 0.6) is 0 Å². The number of β-amino-alcohol motifs (C(OH)–C–C–N with tert-alkyl or cyclic N) is 1. The van der Waals surface area contributed by atoms with Crippen LogP contribution in [0.2, 0.25) is 0 Å². The average Bonchev–Trinajstić information content (AvgIpc) is 2.47. The van der Waals surface area contributed by atoms with Crippen LogP contribution in [0.3, 0.4) is 0 Å². The lowest BCUT2D eigenvalue weighted by atomic mass is 9.93. The van der Waals surface area contributed by atoms with Crippen molar-refractivity contribution in [3.8, 4) is 0 Å². The van der Waals surface area contributed by atoms with Crippen LogP contribution in [-0.4, -0.2) is 42.9 Å². The van der Waals surface area contributed by atoms with E-state index in [1.54, 1.807) is 0 Å². The van der Waals surface area contributed by atoms with Gasteiger partial charge in [-0.1, -0.05) is 36.4 Å². The minimum absolute atomic E-state index is 0.648. The molecular weight excluding hydrogens is 250 g/mol. The Labute approximate surface area is 119 Å². The van der Waals surface area contributed by atoms with E-state index in [0.29, 0.717) is 6.54 Å². The van der Waals surface area contributed by atoms with Crippen molar-refractivity contribution in [2.24, 2.45) is 0 Å². The molecule has 0 aromatic heterocycles. The first-order valence-electron chi connectivity index (χ1n) is 7.17. The first-order valence-corrected chi connectivity index (χ1v) is 7.17. The number of morpholine rings is 1. The first kappa shape index (κ1) is 13.6. The summed E-state index contributed by atoms with van der Waals surface area (Å²) in [6, 6.07) is 14.5. The van der Waals surface area contributed by atoms with Crippen LogP contribution in [-0.2, 0) is 10.3 Å². The van der Waals surface area contributed by atoms with E-state index in [1.807, 2.05) is 25.1 Å². The summed E-state index contributed by atoms with van der Waals surface area (Å²) in [5, 5.41) is 13.2. The summed E-state index contributed by atoms with van der Waals surface area (Å²) in [4.78, 5) is 2.26. The molecule has 2 aromatic carbocycles. The summed E-state index contributed by atoms with van der Waals surface area (Å²) >= 11 is 0. The average molecular weight is 271 g/mol. The normalized spacial score (nSPS) is 19.9. The van der Waals surface area contributed by atoms with Crippen LogP contribution in [0, 0.1) is 0 Å². The van der Waals surface area contributed by atoms with E-state index in [2.05, 4.69) is 29.2 Å². The van der Waals surface area contributed by atoms with Gasteiger partial charge in [-0.05, 0) is 29.3 Å². The molecule has 0 unspecified atom stereocenters. The van der Waals surface area contributed by atoms with Gasteiger partial charge in [0.1, 0.15) is 0 Å². The van der Waals surface area contributed by atoms with E-state index in [4.69, 9.17) is 4.74 Å². The fraction of sp³-hybridized carbons (Fsp3) is 0.412. The Kier molecular flexibility index (Phi) is 3.74. The number of fused-ring (bicyclic) bond motifs is 1. The van der Waals surface area contributed by atoms with E-state index in [9.17, 15) is 5.11 Å². The fourth-order valence-corrected chi connectivity index (χ4v) is 2.81. The molecule has 1 fully saturated rings. The van der Waals surface area contributed by atoms with Crippen LogP contribution in [0.4, 0.5) is 0 Å². The minimum atomic E-state index is -0.832. The van der Waals surface area contributed by atoms with Gasteiger partial charge < -0.3 is 9.84 Å². The van der Waals surface area contributed by atoms with Crippen molar-refractivity contribution in [1.29, 1.82) is 0 Å². The number of rotatable bonds is 3. The Balaban J connectivity index is 1.83. The van der Waals surface area contributed by atoms with E-state index < -0.39 is 5.60 Å². The van der Waals surface area contributed by atoms with Crippen molar-refractivity contribution in [2.75, 3.05) is 32.8 Å². The second kappa shape index (κ2) is 5.52. The molecule has 2 aromatic rings. The van der Waals surface area contributed by atoms with E-state index in [0.717, 1.165) is 31.9 Å². The predicted octanol–water partition coefficient (Wildman–Crippen LogP) is 2.38. The van der Waals surface area contributed by atoms with Crippen molar-refractivity contribution >= 4 is 10.8 Å². The molecule has 0 radical (unpaired) electrons. The highest BCUT2D eigenvalue weighted by molar-refractivity contribution is 5.83. The summed E-state index contributed by atoms with van der Waals surface area (Å²) in [5.41, 5.74) is 0.143. The van der Waals surface area contributed by atoms with Gasteiger partial charge in [0.25, 0.3) is 0 Å². The number of ether oxygens (including phenoxy) is 1. The Hall–Kier alpha value is -1.42. The molecule has 0 aliphatic carbocycles. The topological polar surface area (TPSA) is 32.7 Å². The highest BCUT2D eigenvalue weighted by Gasteiger charge is 2.27. The summed E-state index contributed by atoms with van der Waals surface area (Å²) in [7, 11) is 0. The number of nitrogens with zero attached hydrogens (tertiary/aromatic N) is 1. The maximum absolute atomic E-state index is 10.8. The van der Waals surface area contributed by atoms with Crippen LogP contribution in [0.25, 0.3) is 10.8 Å². The van der Waals surface area contributed by atoms with Gasteiger partial charge in [-0.15, -0.1) is 0 Å². The van der Waals surface area contributed by atoms with Gasteiger partial charge >= 0.3 is 0 Å². The molecule has 106 valence electrons. The Bertz CT molecular complexity index is 588. The largest absolute Gasteiger partial charge is 0.384 e. The maximum atomic E-state index is 10.8. The molecule has 1 aliphatic rings. The third kappa shape index (κ3) is 2.85. The number of aliphatic hydroxyl groups is 1. The van der Waals surface area contributed by atoms with Gasteiger partial charge in [0.15, 0.2) is 0 Å². The maximum Gasteiger partial charge on any atom is 0.0995 e. The van der Waals surface area contributed by atoms with Gasteiger partial charge in [-0.3, -0.25) is 4.90 Å². The lowest BCUT2D eigenvalue weighted by Gasteiger charge is -2.34. The molecule has 1 N–H and O–H groups in total. The van der Waals surface area contributed by atoms with Crippen LogP contribution >= 0.6 is 0 Å². The fourth-order valence-electron chi connectivity index (χ4n) is 2.81. The van der Waals surface area contributed by atoms with Crippen molar-refractivity contribution in [3.05, 3.63) is 48.0 Å². The highest BCUT2D eigenvalue weighted by Crippen LogP contribution is 2.26. The molecule has 0 saturated carbocycles. The van der Waals surface area contributed by atoms with Gasteiger partial charge in [0.05, 0.1) is 18.8 Å². The number of hydrogen-bond acceptors (Lipinski definition) is 3. The molecule has 0 amide bonds. The molecular formula is C17H21NO2. The third-order valence-electron chi connectivity index (χ3n) is 4.01. The van der Waals surface area contributed by atoms with Crippen LogP contribution in [0.15, 0.2) is 42.5 Å². The molecule has 0 bridgehead atoms. The molecule has 20 heavy (non-hydrogen) atoms. The zero-order valence-corrected chi connectivity index (χ0v) is 11.9. The molecule has 0 spiro atoms. The molecule has 1 heterocycles. The first-order chi connectivity index (χ1) is 9.65. The predicted molar refractivity (Wildman–Crippen MR) is 80.8 cm³/mol. The lowest BCUT2D eigenvalue weighted by Crippen LogP contribution is -2.44. The zero-order chi connectivity index (χ0) is 14.0. The van der Waals surface area contributed by atoms with E-state index in [1.165, 1.54) is 10.8 Å². The molecule has 3 heteroatoms. The van der Waals surface area contributed by atoms with Crippen LogP contribution in [0.1, 0.15) is 12.5 Å². The van der Waals surface area contributed by atoms with E-state index >= 15 is 0 Å². The van der Waals surface area contributed by atoms with Crippen molar-refractivity contribution in [3.63, 3.8) is 0 Å². The van der Waals surface area contributed by atoms with Crippen molar-refractivity contribution < 1.29 is 9.84 Å². The third-order valence-corrected chi connectivity index (χ3v) is 4.01. The lowest BCUT2D eigenvalue weighted by molar-refractivity contribution is -0.0253. The van der Waals surface area contributed by atoms with Gasteiger partial charge in [-0.2, -0.15) is 0 Å². The smallest absolute Gasteiger partial charge is 0.0995 e. The summed E-state index contributed by atoms with van der Waals surface area (Å²) in [6.07, 6.45) is 0. The SMILES string of the molecule is C[C@@](O)(CN1CCOCC1)c1ccc2ccccc2c1. The monoisotopic (exact) mass is 271 g/mol. The molecule has 1 atom stereocenters. The van der Waals surface area contributed by atoms with Gasteiger partial charge in [0.2, 0.25) is 0 Å². The molecule has 3 nitrogen and oxygen atoms in total. The molecule has 1 aliphatic heterocycles. The molecule has 3 rings (SSSR count). The number of benzene rings is 2. The quantitative estimate of drug-likeness (QED) is 0.930. The zero-order valence-electron chi connectivity index (χ0n) is 11.9. The summed E-state index contributed by atoms with van der Waals surface area (Å²) in [6.45, 7) is 5.84. The van der Waals surface area contributed by atoms with Crippen molar-refractivity contribution in [1.82, 2.24) is 4.90 Å². The summed E-state index contributed by atoms with van der Waals surface area (Å²) in [5.74, 6) is 0. The van der Waals surface area contributed by atoms with Crippen LogP contribution < -0.4 is 0 Å². The Morgan fingerprint density at radius 3 is 2.55 bits per heavy atom. The minimum Gasteiger partial charge on any atom is -0.384 e. The second-order valence-electron chi connectivity index (χ2n) is 5.72. The standard InChI is InChI=1S/C17H21NO2/c1-17(19,13-18-8-10-20-11-9-18)16-7-6-14-4-2-3-5-15(14)12-16/h2-7,12,19H,8-11,13H2,1H3/t17-/m1/s1. The molecule has 1 saturated heterocycles. The van der Waals surface area contributed by atoms with Crippen molar-refractivity contribution in [2.45, 2.75) is 12.5 Å². The van der Waals surface area contributed by atoms with Gasteiger partial charge in [-0.25, -0.2) is 0 Å². The summed E-state index contributed by atoms with van der Waals surface area (Å²) < 4.78 is 5.35. The highest BCUT2D eigenvalue weighted by atomic mass is 16.5. The van der Waals surface area contributed by atoms with E-state index in [-0.39, 0.29) is 0 Å².